The maximum Gasteiger partial charge on any atom is 0.222 e. The van der Waals surface area contributed by atoms with Gasteiger partial charge >= 0.3 is 0 Å². The van der Waals surface area contributed by atoms with E-state index in [1.807, 2.05) is 11.8 Å². The van der Waals surface area contributed by atoms with E-state index in [9.17, 15) is 4.79 Å². The Morgan fingerprint density at radius 3 is 2.92 bits per heavy atom. The van der Waals surface area contributed by atoms with E-state index in [0.717, 1.165) is 32.0 Å². The van der Waals surface area contributed by atoms with Crippen LogP contribution in [0.1, 0.15) is 49.8 Å². The number of guanidine groups is 1. The summed E-state index contributed by atoms with van der Waals surface area (Å²) in [5, 5.41) is 6.82. The van der Waals surface area contributed by atoms with Crippen LogP contribution in [-0.2, 0) is 24.2 Å². The van der Waals surface area contributed by atoms with E-state index in [1.165, 1.54) is 36.0 Å². The average Bonchev–Trinajstić information content (AvgIpc) is 3.28. The van der Waals surface area contributed by atoms with Gasteiger partial charge in [-0.05, 0) is 49.3 Å². The predicted octanol–water partition coefficient (Wildman–Crippen LogP) is 2.24. The number of amides is 1. The van der Waals surface area contributed by atoms with Gasteiger partial charge in [0.15, 0.2) is 5.96 Å². The van der Waals surface area contributed by atoms with Crippen molar-refractivity contribution in [3.05, 3.63) is 34.9 Å². The van der Waals surface area contributed by atoms with E-state index in [4.69, 9.17) is 4.99 Å². The number of aliphatic imine (C=N–C) groups is 1. The van der Waals surface area contributed by atoms with Crippen molar-refractivity contribution in [2.24, 2.45) is 4.99 Å². The number of likely N-dealkylation sites (tertiary alicyclic amines) is 1. The third-order valence-corrected chi connectivity index (χ3v) is 5.11. The van der Waals surface area contributed by atoms with Gasteiger partial charge in [0.1, 0.15) is 0 Å². The second-order valence-corrected chi connectivity index (χ2v) is 6.98. The quantitative estimate of drug-likeness (QED) is 0.637. The second kappa shape index (κ2) is 8.37. The fourth-order valence-electron chi connectivity index (χ4n) is 3.74. The maximum absolute atomic E-state index is 11.8. The Morgan fingerprint density at radius 1 is 1.28 bits per heavy atom. The summed E-state index contributed by atoms with van der Waals surface area (Å²) in [6.07, 6.45) is 5.27. The van der Waals surface area contributed by atoms with Gasteiger partial charge in [-0.25, -0.2) is 4.99 Å². The van der Waals surface area contributed by atoms with Crippen molar-refractivity contribution in [1.29, 1.82) is 0 Å². The largest absolute Gasteiger partial charge is 0.357 e. The van der Waals surface area contributed by atoms with Gasteiger partial charge in [-0.15, -0.1) is 0 Å². The molecule has 5 nitrogen and oxygen atoms in total. The van der Waals surface area contributed by atoms with E-state index in [0.29, 0.717) is 13.0 Å². The Hall–Kier alpha value is -2.04. The summed E-state index contributed by atoms with van der Waals surface area (Å²) in [6, 6.07) is 7.06. The highest BCUT2D eigenvalue weighted by atomic mass is 16.2. The molecule has 3 rings (SSSR count). The van der Waals surface area contributed by atoms with Crippen LogP contribution in [0.2, 0.25) is 0 Å². The molecule has 1 heterocycles. The number of carbonyl (C=O) groups excluding carboxylic acids is 1. The van der Waals surface area contributed by atoms with Crippen molar-refractivity contribution in [3.63, 3.8) is 0 Å². The summed E-state index contributed by atoms with van der Waals surface area (Å²) in [4.78, 5) is 18.5. The molecule has 5 heteroatoms. The van der Waals surface area contributed by atoms with E-state index >= 15 is 0 Å². The lowest BCUT2D eigenvalue weighted by Crippen LogP contribution is -2.45. The molecule has 1 aliphatic carbocycles. The molecule has 0 bridgehead atoms. The van der Waals surface area contributed by atoms with Crippen LogP contribution in [0.5, 0.6) is 0 Å². The number of benzene rings is 1. The monoisotopic (exact) mass is 342 g/mol. The van der Waals surface area contributed by atoms with E-state index < -0.39 is 0 Å². The summed E-state index contributed by atoms with van der Waals surface area (Å²) in [6.45, 7) is 7.14. The first kappa shape index (κ1) is 17.8. The van der Waals surface area contributed by atoms with Crippen LogP contribution in [0.25, 0.3) is 0 Å². The maximum atomic E-state index is 11.8. The average molecular weight is 342 g/mol. The van der Waals surface area contributed by atoms with E-state index in [1.54, 1.807) is 0 Å². The summed E-state index contributed by atoms with van der Waals surface area (Å²) in [5.41, 5.74) is 4.27. The van der Waals surface area contributed by atoms with Crippen LogP contribution in [-0.4, -0.2) is 42.4 Å². The van der Waals surface area contributed by atoms with Gasteiger partial charge in [-0.1, -0.05) is 25.1 Å². The molecule has 1 saturated heterocycles. The van der Waals surface area contributed by atoms with Gasteiger partial charge in [-0.2, -0.15) is 0 Å². The van der Waals surface area contributed by atoms with Crippen LogP contribution >= 0.6 is 0 Å². The van der Waals surface area contributed by atoms with Crippen molar-refractivity contribution in [3.8, 4) is 0 Å². The lowest BCUT2D eigenvalue weighted by Gasteiger charge is -2.18. The smallest absolute Gasteiger partial charge is 0.222 e. The molecule has 2 N–H and O–H groups in total. The molecule has 1 atom stereocenters. The topological polar surface area (TPSA) is 56.7 Å². The Morgan fingerprint density at radius 2 is 2.12 bits per heavy atom. The Kier molecular flexibility index (Phi) is 5.95. The highest BCUT2D eigenvalue weighted by Crippen LogP contribution is 2.23. The molecule has 0 aromatic heterocycles. The minimum Gasteiger partial charge on any atom is -0.357 e. The van der Waals surface area contributed by atoms with Crippen LogP contribution in [0, 0.1) is 0 Å². The molecule has 1 unspecified atom stereocenters. The van der Waals surface area contributed by atoms with Crippen LogP contribution in [0.4, 0.5) is 0 Å². The third-order valence-electron chi connectivity index (χ3n) is 5.11. The number of fused-ring (bicyclic) bond motifs is 1. The van der Waals surface area contributed by atoms with Gasteiger partial charge < -0.3 is 15.5 Å². The molecule has 136 valence electrons. The molecular weight excluding hydrogens is 312 g/mol. The van der Waals surface area contributed by atoms with E-state index in [2.05, 4.69) is 35.8 Å². The lowest BCUT2D eigenvalue weighted by molar-refractivity contribution is -0.129. The number of hydrogen-bond donors (Lipinski definition) is 2. The number of nitrogens with one attached hydrogen (secondary N) is 2. The zero-order valence-corrected chi connectivity index (χ0v) is 15.5. The highest BCUT2D eigenvalue weighted by molar-refractivity contribution is 5.80. The van der Waals surface area contributed by atoms with Gasteiger partial charge in [0.2, 0.25) is 5.91 Å². The number of aryl methyl sites for hydroxylation is 2. The van der Waals surface area contributed by atoms with Crippen LogP contribution in [0.3, 0.4) is 0 Å². The molecule has 1 amide bonds. The van der Waals surface area contributed by atoms with Crippen molar-refractivity contribution < 1.29 is 4.79 Å². The number of rotatable bonds is 5. The van der Waals surface area contributed by atoms with Gasteiger partial charge in [-0.3, -0.25) is 4.79 Å². The predicted molar refractivity (Wildman–Crippen MR) is 102 cm³/mol. The highest BCUT2D eigenvalue weighted by Gasteiger charge is 2.25. The van der Waals surface area contributed by atoms with Gasteiger partial charge in [0.25, 0.3) is 0 Å². The van der Waals surface area contributed by atoms with Crippen molar-refractivity contribution in [1.82, 2.24) is 15.5 Å². The number of nitrogens with zero attached hydrogens (tertiary/aromatic N) is 2. The number of hydrogen-bond acceptors (Lipinski definition) is 2. The lowest BCUT2D eigenvalue weighted by atomic mass is 10.1. The molecular formula is C20H30N4O. The minimum absolute atomic E-state index is 0.240. The third kappa shape index (κ3) is 4.53. The number of carbonyl (C=O) groups is 1. The Bertz CT molecular complexity index is 641. The van der Waals surface area contributed by atoms with Crippen LogP contribution in [0.15, 0.2) is 23.2 Å². The van der Waals surface area contributed by atoms with Crippen LogP contribution < -0.4 is 10.6 Å². The minimum atomic E-state index is 0.240. The second-order valence-electron chi connectivity index (χ2n) is 6.98. The van der Waals surface area contributed by atoms with Gasteiger partial charge in [0.05, 0.1) is 6.54 Å². The summed E-state index contributed by atoms with van der Waals surface area (Å²) >= 11 is 0. The molecule has 0 spiro atoms. The molecule has 1 fully saturated rings. The van der Waals surface area contributed by atoms with E-state index in [-0.39, 0.29) is 11.9 Å². The van der Waals surface area contributed by atoms with Crippen molar-refractivity contribution in [2.75, 3.05) is 19.6 Å². The summed E-state index contributed by atoms with van der Waals surface area (Å²) < 4.78 is 0. The molecule has 1 aromatic carbocycles. The summed E-state index contributed by atoms with van der Waals surface area (Å²) in [5.74, 6) is 1.09. The van der Waals surface area contributed by atoms with Crippen molar-refractivity contribution in [2.45, 2.75) is 58.5 Å². The van der Waals surface area contributed by atoms with Crippen molar-refractivity contribution >= 4 is 11.9 Å². The molecule has 1 aliphatic heterocycles. The first-order valence-electron chi connectivity index (χ1n) is 9.63. The summed E-state index contributed by atoms with van der Waals surface area (Å²) in [7, 11) is 0. The molecule has 2 aliphatic rings. The Labute approximate surface area is 150 Å². The fourth-order valence-corrected chi connectivity index (χ4v) is 3.74. The SMILES string of the molecule is CCNC(=NCc1ccc2c(c1)CCC2)NC1CCN(C(=O)CC)C1. The zero-order chi connectivity index (χ0) is 17.6. The molecule has 25 heavy (non-hydrogen) atoms. The standard InChI is InChI=1S/C20H30N4O/c1-3-19(25)24-11-10-18(14-24)23-20(21-4-2)22-13-15-8-9-16-6-5-7-17(16)12-15/h8-9,12,18H,3-7,10-11,13-14H2,1-2H3,(H2,21,22,23). The normalized spacial score (nSPS) is 19.8. The molecule has 0 radical (unpaired) electrons. The Balaban J connectivity index is 1.59. The molecule has 0 saturated carbocycles. The first-order valence-corrected chi connectivity index (χ1v) is 9.63. The zero-order valence-electron chi connectivity index (χ0n) is 15.5. The van der Waals surface area contributed by atoms with Gasteiger partial charge in [0, 0.05) is 32.1 Å². The fraction of sp³-hybridized carbons (Fsp3) is 0.600. The molecule has 1 aromatic rings. The first-order chi connectivity index (χ1) is 12.2.